The van der Waals surface area contributed by atoms with Gasteiger partial charge in [-0.3, -0.25) is 29.5 Å². The van der Waals surface area contributed by atoms with Gasteiger partial charge in [-0.05, 0) is 148 Å². The van der Waals surface area contributed by atoms with Gasteiger partial charge in [0.1, 0.15) is 28.6 Å². The van der Waals surface area contributed by atoms with Crippen molar-refractivity contribution < 1.29 is 37.5 Å². The van der Waals surface area contributed by atoms with Crippen LogP contribution in [-0.2, 0) is 16.6 Å². The fourth-order valence-electron chi connectivity index (χ4n) is 12.3. The average molecular weight is 1070 g/mol. The van der Waals surface area contributed by atoms with Crippen LogP contribution in [0.5, 0.6) is 17.2 Å². The van der Waals surface area contributed by atoms with Crippen LogP contribution in [0.3, 0.4) is 0 Å². The summed E-state index contributed by atoms with van der Waals surface area (Å²) in [6.07, 6.45) is 10.2. The van der Waals surface area contributed by atoms with Crippen LogP contribution in [0, 0.1) is 21.4 Å². The van der Waals surface area contributed by atoms with Gasteiger partial charge in [0, 0.05) is 87.3 Å². The van der Waals surface area contributed by atoms with Crippen LogP contribution in [0.1, 0.15) is 128 Å². The van der Waals surface area contributed by atoms with E-state index < -0.39 is 37.0 Å². The first-order valence-corrected chi connectivity index (χ1v) is 28.4. The van der Waals surface area contributed by atoms with E-state index in [0.29, 0.717) is 54.1 Å². The summed E-state index contributed by atoms with van der Waals surface area (Å²) >= 11 is 0. The molecule has 4 fully saturated rings. The molecule has 17 nitrogen and oxygen atoms in total. The maximum Gasteiger partial charge on any atom is 0.293 e. The highest BCUT2D eigenvalue weighted by molar-refractivity contribution is 7.90. The smallest absolute Gasteiger partial charge is 0.293 e. The highest BCUT2D eigenvalue weighted by Gasteiger charge is 2.50. The Balaban J connectivity index is 0.832. The van der Waals surface area contributed by atoms with Crippen LogP contribution in [0.15, 0.2) is 108 Å². The molecule has 77 heavy (non-hydrogen) atoms. The lowest BCUT2D eigenvalue weighted by Crippen LogP contribution is -2.60. The number of hydrogen-bond acceptors (Lipinski definition) is 14. The normalized spacial score (nSPS) is 21.2. The number of benzene rings is 4. The van der Waals surface area contributed by atoms with Crippen LogP contribution in [0.25, 0.3) is 11.0 Å². The number of piperazine rings is 1. The largest absolute Gasteiger partial charge is 0.496 e. The van der Waals surface area contributed by atoms with Gasteiger partial charge in [-0.15, -0.1) is 0 Å². The minimum Gasteiger partial charge on any atom is -0.496 e. The van der Waals surface area contributed by atoms with Crippen molar-refractivity contribution in [3.05, 3.63) is 141 Å². The van der Waals surface area contributed by atoms with Gasteiger partial charge in [0.2, 0.25) is 0 Å². The van der Waals surface area contributed by atoms with Gasteiger partial charge in [-0.25, -0.2) is 18.1 Å². The molecule has 10 rings (SSSR count). The minimum absolute atomic E-state index is 0.0115. The maximum absolute atomic E-state index is 14.1. The Hall–Kier alpha value is -6.86. The number of nitro benzene ring substituents is 1. The molecule has 4 heterocycles. The molecule has 1 atom stereocenters. The number of carbonyl (C=O) groups is 2. The molecule has 4 N–H and O–H groups in total. The molecule has 4 aromatic carbocycles. The summed E-state index contributed by atoms with van der Waals surface area (Å²) in [5.74, 6) is 0.665. The average Bonchev–Trinajstić information content (AvgIpc) is 3.89. The molecule has 2 aliphatic heterocycles. The Kier molecular flexibility index (Phi) is 15.2. The number of ether oxygens (including phenoxy) is 2. The molecule has 2 aromatic heterocycles. The number of piperidine rings is 1. The van der Waals surface area contributed by atoms with E-state index in [1.165, 1.54) is 29.5 Å². The predicted molar refractivity (Wildman–Crippen MR) is 297 cm³/mol. The van der Waals surface area contributed by atoms with E-state index in [1.54, 1.807) is 38.4 Å². The van der Waals surface area contributed by atoms with Gasteiger partial charge >= 0.3 is 0 Å². The van der Waals surface area contributed by atoms with Gasteiger partial charge in [0.05, 0.1) is 39.9 Å². The van der Waals surface area contributed by atoms with Gasteiger partial charge in [0.15, 0.2) is 5.78 Å². The van der Waals surface area contributed by atoms with E-state index in [2.05, 4.69) is 78.9 Å². The number of rotatable bonds is 17. The molecular formula is C59H70N8O9S. The monoisotopic (exact) mass is 1070 g/mol. The molecule has 2 saturated heterocycles. The van der Waals surface area contributed by atoms with Crippen molar-refractivity contribution in [3.63, 3.8) is 0 Å². The number of anilines is 2. The summed E-state index contributed by atoms with van der Waals surface area (Å²) in [6, 6.07) is 27.8. The number of sulfonamides is 1. The Labute approximate surface area is 450 Å². The molecule has 1 unspecified atom stereocenters. The Morgan fingerprint density at radius 3 is 2.42 bits per heavy atom. The third-order valence-corrected chi connectivity index (χ3v) is 18.1. The fraction of sp³-hybridized carbons (Fsp3) is 0.441. The number of aliphatic hydroxyl groups is 1. The number of hydrogen-bond donors (Lipinski definition) is 4. The lowest BCUT2D eigenvalue weighted by molar-refractivity contribution is -0.384. The zero-order valence-corrected chi connectivity index (χ0v) is 45.4. The van der Waals surface area contributed by atoms with Crippen molar-refractivity contribution in [1.29, 1.82) is 0 Å². The second-order valence-electron chi connectivity index (χ2n) is 22.5. The molecule has 2 saturated carbocycles. The van der Waals surface area contributed by atoms with E-state index in [1.807, 2.05) is 31.2 Å². The van der Waals surface area contributed by atoms with E-state index in [-0.39, 0.29) is 40.2 Å². The highest BCUT2D eigenvalue weighted by atomic mass is 32.2. The van der Waals surface area contributed by atoms with E-state index in [4.69, 9.17) is 9.47 Å². The van der Waals surface area contributed by atoms with Gasteiger partial charge in [-0.1, -0.05) is 44.2 Å². The molecule has 1 spiro atoms. The van der Waals surface area contributed by atoms with Crippen molar-refractivity contribution in [3.8, 4) is 17.2 Å². The number of nitro groups is 1. The zero-order valence-electron chi connectivity index (χ0n) is 44.6. The van der Waals surface area contributed by atoms with Crippen molar-refractivity contribution >= 4 is 49.8 Å². The predicted octanol–water partition coefficient (Wildman–Crippen LogP) is 10.4. The molecule has 0 radical (unpaired) electrons. The first kappa shape index (κ1) is 53.5. The topological polar surface area (TPSA) is 213 Å². The van der Waals surface area contributed by atoms with Gasteiger partial charge in [0.25, 0.3) is 21.6 Å². The zero-order chi connectivity index (χ0) is 54.2. The molecule has 0 bridgehead atoms. The molecule has 18 heteroatoms. The van der Waals surface area contributed by atoms with Crippen LogP contribution in [0.4, 0.5) is 17.1 Å². The number of H-pyrrole nitrogens is 1. The Morgan fingerprint density at radius 1 is 0.922 bits per heavy atom. The fourth-order valence-corrected chi connectivity index (χ4v) is 13.3. The van der Waals surface area contributed by atoms with Crippen molar-refractivity contribution in [1.82, 2.24) is 24.5 Å². The molecule has 6 aromatic rings. The number of nitrogens with zero attached hydrogens (tertiary/aromatic N) is 5. The summed E-state index contributed by atoms with van der Waals surface area (Å²) in [5.41, 5.74) is 5.10. The maximum atomic E-state index is 14.1. The first-order chi connectivity index (χ1) is 36.9. The van der Waals surface area contributed by atoms with E-state index in [0.717, 1.165) is 100 Å². The summed E-state index contributed by atoms with van der Waals surface area (Å²) < 4.78 is 41.8. The molecule has 1 amide bonds. The van der Waals surface area contributed by atoms with Crippen molar-refractivity contribution in [2.24, 2.45) is 11.3 Å². The summed E-state index contributed by atoms with van der Waals surface area (Å²) in [4.78, 5) is 52.9. The number of pyridine rings is 1. The van der Waals surface area contributed by atoms with Crippen LogP contribution < -0.4 is 24.4 Å². The van der Waals surface area contributed by atoms with Crippen LogP contribution in [-0.4, -0.2) is 108 Å². The number of ketones is 1. The summed E-state index contributed by atoms with van der Waals surface area (Å²) in [5, 5.41) is 26.5. The third-order valence-electron chi connectivity index (χ3n) is 16.8. The van der Waals surface area contributed by atoms with Gasteiger partial charge in [-0.2, -0.15) is 0 Å². The quantitative estimate of drug-likeness (QED) is 0.0380. The SMILES string of the molecule is COc1ccc(CN2CCN(C3CC4(CCN(c5ccc(C(=O)NS(=O)(=O)c6ccc(NCC7CCC(C)(O)CC7)c([N+](=O)[O-])c6)c(Oc6cnc7[nH]ccc7c6)c5)CC4)C3)C(c3ccccc3C(C)C)C2)cc1C(C)=O. The molecule has 406 valence electrons. The summed E-state index contributed by atoms with van der Waals surface area (Å²) in [7, 11) is -3.01. The number of amides is 1. The molecule has 2 aliphatic carbocycles. The Bertz CT molecular complexity index is 3280. The second-order valence-corrected chi connectivity index (χ2v) is 24.2. The lowest BCUT2D eigenvalue weighted by Gasteiger charge is -2.58. The summed E-state index contributed by atoms with van der Waals surface area (Å²) in [6.45, 7) is 13.4. The number of aromatic amines is 1. The third kappa shape index (κ3) is 11.7. The highest BCUT2D eigenvalue weighted by Crippen LogP contribution is 2.53. The van der Waals surface area contributed by atoms with Crippen LogP contribution in [0.2, 0.25) is 0 Å². The number of Topliss-reactive ketones (excluding diaryl/α,β-unsaturated/α-hetero) is 1. The number of carbonyl (C=O) groups excluding carboxylic acids is 2. The second kappa shape index (κ2) is 21.9. The van der Waals surface area contributed by atoms with Crippen molar-refractivity contribution in [2.45, 2.75) is 114 Å². The standard InChI is InChI=1S/C59H70N8O9S/c1-38(2)47-8-6-7-9-48(47)53-37-64(36-41-10-15-54(75-5)50(28-41)39(3)68)26-27-66(53)44-32-59(33-44)21-24-65(25-22-59)43-11-13-49(55(30-43)76-45-29-42-18-23-60-56(42)62-35-45)57(69)63-77(73,74)46-12-14-51(52(31-46)67(71)72)61-34-40-16-19-58(4,70)20-17-40/h6-15,18,23,28-31,35,38,40,44,53,61,70H,16-17,19-22,24-27,32-34,36-37H2,1-5H3,(H,60,62)(H,63,69). The lowest BCUT2D eigenvalue weighted by atomic mass is 9.59. The van der Waals surface area contributed by atoms with Gasteiger partial charge < -0.3 is 29.8 Å². The number of aromatic nitrogens is 2. The number of nitrogens with one attached hydrogen (secondary N) is 3. The number of methoxy groups -OCH3 is 1. The Morgan fingerprint density at radius 2 is 1.69 bits per heavy atom. The van der Waals surface area contributed by atoms with E-state index in [9.17, 15) is 33.2 Å². The molecular weight excluding hydrogens is 997 g/mol. The molecule has 4 aliphatic rings. The number of fused-ring (bicyclic) bond motifs is 1. The van der Waals surface area contributed by atoms with Crippen molar-refractivity contribution in [2.75, 3.05) is 56.6 Å². The first-order valence-electron chi connectivity index (χ1n) is 26.9. The van der Waals surface area contributed by atoms with Crippen LogP contribution >= 0.6 is 0 Å². The minimum atomic E-state index is -4.60. The van der Waals surface area contributed by atoms with E-state index >= 15 is 0 Å².